The van der Waals surface area contributed by atoms with Crippen molar-refractivity contribution in [3.05, 3.63) is 52.3 Å². The third-order valence-electron chi connectivity index (χ3n) is 2.96. The molecule has 0 aliphatic heterocycles. The van der Waals surface area contributed by atoms with E-state index in [1.807, 2.05) is 12.1 Å². The molecule has 0 atom stereocenters. The summed E-state index contributed by atoms with van der Waals surface area (Å²) < 4.78 is 0.824. The van der Waals surface area contributed by atoms with Gasteiger partial charge in [0.05, 0.1) is 6.42 Å². The van der Waals surface area contributed by atoms with Crippen LogP contribution >= 0.6 is 15.9 Å². The maximum atomic E-state index is 12.0. The van der Waals surface area contributed by atoms with Gasteiger partial charge in [-0.1, -0.05) is 12.1 Å². The van der Waals surface area contributed by atoms with Gasteiger partial charge < -0.3 is 15.2 Å². The van der Waals surface area contributed by atoms with Crippen molar-refractivity contribution in [3.8, 4) is 0 Å². The van der Waals surface area contributed by atoms with E-state index in [9.17, 15) is 9.59 Å². The van der Waals surface area contributed by atoms with E-state index in [0.29, 0.717) is 17.8 Å². The van der Waals surface area contributed by atoms with Gasteiger partial charge in [0.1, 0.15) is 5.69 Å². The summed E-state index contributed by atoms with van der Waals surface area (Å²) in [6, 6.07) is 8.95. The molecule has 1 aromatic heterocycles. The highest BCUT2D eigenvalue weighted by molar-refractivity contribution is 9.10. The van der Waals surface area contributed by atoms with Crippen LogP contribution in [-0.2, 0) is 11.2 Å². The summed E-state index contributed by atoms with van der Waals surface area (Å²) in [7, 11) is 3.46. The highest BCUT2D eigenvalue weighted by Gasteiger charge is 2.09. The molecule has 2 rings (SSSR count). The van der Waals surface area contributed by atoms with Crippen molar-refractivity contribution < 1.29 is 9.59 Å². The SMILES string of the molecule is CN(C)C(=O)Cc1ccc(NC(=O)c2cc(Br)c[nH]2)cc1. The van der Waals surface area contributed by atoms with Gasteiger partial charge in [-0.3, -0.25) is 9.59 Å². The molecule has 1 aromatic carbocycles. The monoisotopic (exact) mass is 349 g/mol. The fraction of sp³-hybridized carbons (Fsp3) is 0.200. The highest BCUT2D eigenvalue weighted by Crippen LogP contribution is 2.14. The standard InChI is InChI=1S/C15H16BrN3O2/c1-19(2)14(20)7-10-3-5-12(6-4-10)18-15(21)13-8-11(16)9-17-13/h3-6,8-9,17H,7H2,1-2H3,(H,18,21). The van der Waals surface area contributed by atoms with Gasteiger partial charge in [-0.05, 0) is 39.7 Å². The number of nitrogens with zero attached hydrogens (tertiary/aromatic N) is 1. The first-order valence-corrected chi connectivity index (χ1v) is 7.19. The molecule has 0 radical (unpaired) electrons. The average Bonchev–Trinajstić information content (AvgIpc) is 2.87. The quantitative estimate of drug-likeness (QED) is 0.890. The zero-order valence-electron chi connectivity index (χ0n) is 11.8. The maximum Gasteiger partial charge on any atom is 0.272 e. The van der Waals surface area contributed by atoms with E-state index in [1.54, 1.807) is 43.4 Å². The van der Waals surface area contributed by atoms with Crippen LogP contribution in [-0.4, -0.2) is 35.8 Å². The minimum Gasteiger partial charge on any atom is -0.356 e. The summed E-state index contributed by atoms with van der Waals surface area (Å²) in [5, 5.41) is 2.79. The van der Waals surface area contributed by atoms with Crippen LogP contribution in [0.1, 0.15) is 16.1 Å². The Kier molecular flexibility index (Phi) is 4.80. The Morgan fingerprint density at radius 2 is 1.90 bits per heavy atom. The highest BCUT2D eigenvalue weighted by atomic mass is 79.9. The first kappa shape index (κ1) is 15.3. The van der Waals surface area contributed by atoms with Crippen LogP contribution in [0.3, 0.4) is 0 Å². The third-order valence-corrected chi connectivity index (χ3v) is 3.42. The molecule has 0 bridgehead atoms. The lowest BCUT2D eigenvalue weighted by molar-refractivity contribution is -0.127. The van der Waals surface area contributed by atoms with Gasteiger partial charge in [0.2, 0.25) is 5.91 Å². The number of aromatic amines is 1. The molecule has 1 heterocycles. The number of likely N-dealkylation sites (N-methyl/N-ethyl adjacent to an activating group) is 1. The normalized spacial score (nSPS) is 10.2. The number of H-pyrrole nitrogens is 1. The summed E-state index contributed by atoms with van der Waals surface area (Å²) in [6.45, 7) is 0. The zero-order valence-corrected chi connectivity index (χ0v) is 13.4. The first-order valence-electron chi connectivity index (χ1n) is 6.40. The Morgan fingerprint density at radius 1 is 1.24 bits per heavy atom. The second-order valence-corrected chi connectivity index (χ2v) is 5.76. The van der Waals surface area contributed by atoms with Crippen molar-refractivity contribution in [2.45, 2.75) is 6.42 Å². The van der Waals surface area contributed by atoms with Gasteiger partial charge in [-0.2, -0.15) is 0 Å². The number of carbonyl (C=O) groups is 2. The number of nitrogens with one attached hydrogen (secondary N) is 2. The Hall–Kier alpha value is -2.08. The Morgan fingerprint density at radius 3 is 2.43 bits per heavy atom. The van der Waals surface area contributed by atoms with E-state index in [4.69, 9.17) is 0 Å². The van der Waals surface area contributed by atoms with Gasteiger partial charge in [0, 0.05) is 30.5 Å². The molecule has 110 valence electrons. The van der Waals surface area contributed by atoms with Gasteiger partial charge >= 0.3 is 0 Å². The largest absolute Gasteiger partial charge is 0.356 e. The Bertz CT molecular complexity index is 647. The molecule has 2 amide bonds. The summed E-state index contributed by atoms with van der Waals surface area (Å²) >= 11 is 3.28. The fourth-order valence-electron chi connectivity index (χ4n) is 1.74. The van der Waals surface area contributed by atoms with E-state index >= 15 is 0 Å². The van der Waals surface area contributed by atoms with Crippen LogP contribution in [0, 0.1) is 0 Å². The minimum absolute atomic E-state index is 0.0445. The number of anilines is 1. The zero-order chi connectivity index (χ0) is 15.4. The van der Waals surface area contributed by atoms with Crippen molar-refractivity contribution in [2.24, 2.45) is 0 Å². The van der Waals surface area contributed by atoms with Gasteiger partial charge in [0.25, 0.3) is 5.91 Å². The predicted molar refractivity (Wildman–Crippen MR) is 85.3 cm³/mol. The van der Waals surface area contributed by atoms with Crippen LogP contribution < -0.4 is 5.32 Å². The lowest BCUT2D eigenvalue weighted by Crippen LogP contribution is -2.23. The number of aromatic nitrogens is 1. The van der Waals surface area contributed by atoms with E-state index in [-0.39, 0.29) is 11.8 Å². The van der Waals surface area contributed by atoms with Crippen LogP contribution in [0.2, 0.25) is 0 Å². The van der Waals surface area contributed by atoms with Crippen molar-refractivity contribution in [1.82, 2.24) is 9.88 Å². The number of hydrogen-bond donors (Lipinski definition) is 2. The molecule has 2 aromatic rings. The van der Waals surface area contributed by atoms with E-state index in [1.165, 1.54) is 0 Å². The number of hydrogen-bond acceptors (Lipinski definition) is 2. The summed E-state index contributed by atoms with van der Waals surface area (Å²) in [6.07, 6.45) is 2.05. The van der Waals surface area contributed by atoms with Crippen LogP contribution in [0.4, 0.5) is 5.69 Å². The first-order chi connectivity index (χ1) is 9.95. The number of rotatable bonds is 4. The molecule has 0 saturated heterocycles. The van der Waals surface area contributed by atoms with E-state index in [2.05, 4.69) is 26.2 Å². The average molecular weight is 350 g/mol. The number of carbonyl (C=O) groups excluding carboxylic acids is 2. The lowest BCUT2D eigenvalue weighted by atomic mass is 10.1. The maximum absolute atomic E-state index is 12.0. The van der Waals surface area contributed by atoms with Gasteiger partial charge in [-0.25, -0.2) is 0 Å². The molecule has 0 spiro atoms. The van der Waals surface area contributed by atoms with Crippen molar-refractivity contribution >= 4 is 33.4 Å². The molecule has 6 heteroatoms. The van der Waals surface area contributed by atoms with Crippen molar-refractivity contribution in [2.75, 3.05) is 19.4 Å². The second kappa shape index (κ2) is 6.58. The predicted octanol–water partition coefficient (Wildman–Crippen LogP) is 2.66. The number of benzene rings is 1. The molecule has 0 aliphatic rings. The number of halogens is 1. The van der Waals surface area contributed by atoms with Crippen LogP contribution in [0.15, 0.2) is 41.0 Å². The molecule has 2 N–H and O–H groups in total. The van der Waals surface area contributed by atoms with E-state index < -0.39 is 0 Å². The van der Waals surface area contributed by atoms with E-state index in [0.717, 1.165) is 10.0 Å². The second-order valence-electron chi connectivity index (χ2n) is 4.85. The fourth-order valence-corrected chi connectivity index (χ4v) is 2.08. The molecule has 21 heavy (non-hydrogen) atoms. The number of amides is 2. The Labute approximate surface area is 131 Å². The summed E-state index contributed by atoms with van der Waals surface area (Å²) in [4.78, 5) is 28.0. The summed E-state index contributed by atoms with van der Waals surface area (Å²) in [5.74, 6) is -0.166. The molecule has 0 saturated carbocycles. The molecular weight excluding hydrogens is 334 g/mol. The van der Waals surface area contributed by atoms with Crippen molar-refractivity contribution in [1.29, 1.82) is 0 Å². The Balaban J connectivity index is 1.99. The van der Waals surface area contributed by atoms with Gasteiger partial charge in [0.15, 0.2) is 0 Å². The molecule has 0 unspecified atom stereocenters. The minimum atomic E-state index is -0.210. The van der Waals surface area contributed by atoms with Crippen LogP contribution in [0.25, 0.3) is 0 Å². The van der Waals surface area contributed by atoms with Crippen molar-refractivity contribution in [3.63, 3.8) is 0 Å². The summed E-state index contributed by atoms with van der Waals surface area (Å²) in [5.41, 5.74) is 2.08. The van der Waals surface area contributed by atoms with Gasteiger partial charge in [-0.15, -0.1) is 0 Å². The third kappa shape index (κ3) is 4.19. The topological polar surface area (TPSA) is 65.2 Å². The molecule has 0 aliphatic carbocycles. The molecule has 5 nitrogen and oxygen atoms in total. The smallest absolute Gasteiger partial charge is 0.272 e. The molecule has 0 fully saturated rings. The molecular formula is C15H16BrN3O2. The lowest BCUT2D eigenvalue weighted by Gasteiger charge is -2.10. The van der Waals surface area contributed by atoms with Crippen LogP contribution in [0.5, 0.6) is 0 Å².